The topological polar surface area (TPSA) is 371 Å². The van der Waals surface area contributed by atoms with E-state index in [1.807, 2.05) is 24.3 Å². The molecule has 1 unspecified atom stereocenters. The van der Waals surface area contributed by atoms with Gasteiger partial charge in [0.15, 0.2) is 0 Å². The van der Waals surface area contributed by atoms with E-state index in [9.17, 15) is 48.6 Å². The van der Waals surface area contributed by atoms with Gasteiger partial charge in [0.25, 0.3) is 23.6 Å². The number of aryl methyl sites for hydroxylation is 2. The van der Waals surface area contributed by atoms with Crippen LogP contribution in [0.25, 0.3) is 0 Å². The molecule has 0 aliphatic heterocycles. The number of nitrogens with one attached hydrogen (secondary N) is 4. The van der Waals surface area contributed by atoms with E-state index in [0.29, 0.717) is 60.2 Å². The number of carboxylic acids is 4. The first kappa shape index (κ1) is 70.7. The summed E-state index contributed by atoms with van der Waals surface area (Å²) in [7, 11) is 0. The third-order valence-electron chi connectivity index (χ3n) is 12.9. The summed E-state index contributed by atoms with van der Waals surface area (Å²) in [6.07, 6.45) is 2.47. The molecule has 0 saturated carbocycles. The fourth-order valence-electron chi connectivity index (χ4n) is 8.21. The molecule has 8 rings (SSSR count). The number of carboxylic acid groups (broad SMARTS) is 4. The van der Waals surface area contributed by atoms with Crippen LogP contribution in [0, 0.1) is 0 Å². The van der Waals surface area contributed by atoms with Crippen molar-refractivity contribution in [2.45, 2.75) is 58.2 Å². The Labute approximate surface area is 524 Å². The predicted octanol–water partition coefficient (Wildman–Crippen LogP) is 10.3. The highest BCUT2D eigenvalue weighted by Gasteiger charge is 2.20. The summed E-state index contributed by atoms with van der Waals surface area (Å²) in [5, 5.41) is 74.8. The minimum Gasteiger partial charge on any atom is -0.492 e. The molecule has 1 atom stereocenters. The molecule has 8 aromatic rings. The van der Waals surface area contributed by atoms with Crippen molar-refractivity contribution in [3.05, 3.63) is 250 Å². The molecule has 0 fully saturated rings. The molecular formula is C69H71N5O17. The number of anilines is 4. The molecule has 0 bridgehead atoms. The molecule has 91 heavy (non-hydrogen) atoms. The van der Waals surface area contributed by atoms with E-state index in [4.69, 9.17) is 40.7 Å². The van der Waals surface area contributed by atoms with Crippen LogP contribution < -0.4 is 36.5 Å². The number of nitrogens with two attached hydrogens (primary N) is 1. The second-order valence-corrected chi connectivity index (χ2v) is 20.6. The first-order valence-electron chi connectivity index (χ1n) is 28.4. The fraction of sp³-hybridized carbons (Fsp3) is 0.188. The van der Waals surface area contributed by atoms with E-state index in [-0.39, 0.29) is 63.8 Å². The molecule has 0 aromatic heterocycles. The maximum Gasteiger partial charge on any atom is 0.336 e. The molecule has 22 heteroatoms. The van der Waals surface area contributed by atoms with Crippen molar-refractivity contribution in [1.29, 1.82) is 0 Å². The molecule has 8 aromatic carbocycles. The van der Waals surface area contributed by atoms with Crippen molar-refractivity contribution in [1.82, 2.24) is 0 Å². The molecule has 4 amide bonds. The lowest BCUT2D eigenvalue weighted by atomic mass is 9.99. The third-order valence-corrected chi connectivity index (χ3v) is 12.9. The highest BCUT2D eigenvalue weighted by atomic mass is 16.5. The van der Waals surface area contributed by atoms with Gasteiger partial charge in [0.2, 0.25) is 0 Å². The molecule has 0 spiro atoms. The Morgan fingerprint density at radius 3 is 0.934 bits per heavy atom. The van der Waals surface area contributed by atoms with Gasteiger partial charge in [-0.15, -0.1) is 0 Å². The van der Waals surface area contributed by atoms with Crippen LogP contribution in [0.3, 0.4) is 0 Å². The van der Waals surface area contributed by atoms with Gasteiger partial charge >= 0.3 is 23.9 Å². The Kier molecular flexibility index (Phi) is 27.7. The van der Waals surface area contributed by atoms with E-state index >= 15 is 0 Å². The number of ether oxygens (including phenoxy) is 2. The molecule has 0 saturated heterocycles. The van der Waals surface area contributed by atoms with Gasteiger partial charge < -0.3 is 72.2 Å². The monoisotopic (exact) mass is 1240 g/mol. The molecule has 0 aliphatic rings. The van der Waals surface area contributed by atoms with Crippen LogP contribution in [0.1, 0.15) is 128 Å². The summed E-state index contributed by atoms with van der Waals surface area (Å²) in [6.45, 7) is 6.22. The summed E-state index contributed by atoms with van der Waals surface area (Å²) in [4.78, 5) is 93.4. The van der Waals surface area contributed by atoms with Crippen LogP contribution >= 0.6 is 0 Å². The maximum absolute atomic E-state index is 12.3. The number of benzene rings is 8. The van der Waals surface area contributed by atoms with Crippen molar-refractivity contribution < 1.29 is 83.6 Å². The number of rotatable bonds is 24. The van der Waals surface area contributed by atoms with E-state index in [2.05, 4.69) is 21.3 Å². The van der Waals surface area contributed by atoms with Crippen LogP contribution in [0.15, 0.2) is 194 Å². The van der Waals surface area contributed by atoms with Gasteiger partial charge in [-0.25, -0.2) is 19.2 Å². The van der Waals surface area contributed by atoms with Gasteiger partial charge in [0, 0.05) is 29.3 Å². The maximum atomic E-state index is 12.3. The molecule has 0 heterocycles. The number of aliphatic hydroxyl groups is 3. The lowest BCUT2D eigenvalue weighted by Gasteiger charge is -2.16. The first-order chi connectivity index (χ1) is 43.5. The Bertz CT molecular complexity index is 3620. The van der Waals surface area contributed by atoms with Crippen LogP contribution in [-0.4, -0.2) is 121 Å². The van der Waals surface area contributed by atoms with Gasteiger partial charge in [-0.05, 0) is 179 Å². The van der Waals surface area contributed by atoms with E-state index in [1.54, 1.807) is 142 Å². The number of hydrogen-bond acceptors (Lipinski definition) is 14. The summed E-state index contributed by atoms with van der Waals surface area (Å²) in [6, 6.07) is 52.1. The second kappa shape index (κ2) is 35.7. The molecule has 0 radical (unpaired) electrons. The second-order valence-electron chi connectivity index (χ2n) is 20.6. The average molecular weight is 1240 g/mol. The summed E-state index contributed by atoms with van der Waals surface area (Å²) < 4.78 is 10.5. The summed E-state index contributed by atoms with van der Waals surface area (Å²) in [5.74, 6) is -5.25. The lowest BCUT2D eigenvalue weighted by molar-refractivity contribution is 0.0683. The largest absolute Gasteiger partial charge is 0.492 e. The number of aromatic carboxylic acids is 4. The molecular weight excluding hydrogens is 1170 g/mol. The number of hydrogen-bond donors (Lipinski definition) is 12. The Morgan fingerprint density at radius 2 is 0.681 bits per heavy atom. The Balaban J connectivity index is 0.000000221. The minimum absolute atomic E-state index is 0.0291. The quantitative estimate of drug-likeness (QED) is 0.0267. The zero-order valence-electron chi connectivity index (χ0n) is 50.0. The van der Waals surface area contributed by atoms with Crippen molar-refractivity contribution >= 4 is 70.3 Å². The zero-order chi connectivity index (χ0) is 66.5. The Hall–Kier alpha value is -11.0. The van der Waals surface area contributed by atoms with Crippen LogP contribution in [-0.2, 0) is 12.8 Å². The predicted molar refractivity (Wildman–Crippen MR) is 343 cm³/mol. The third kappa shape index (κ3) is 23.9. The first-order valence-corrected chi connectivity index (χ1v) is 28.4. The van der Waals surface area contributed by atoms with E-state index in [1.165, 1.54) is 48.5 Å². The van der Waals surface area contributed by atoms with Crippen molar-refractivity contribution in [2.75, 3.05) is 47.6 Å². The van der Waals surface area contributed by atoms with Crippen molar-refractivity contribution in [3.63, 3.8) is 0 Å². The van der Waals surface area contributed by atoms with Gasteiger partial charge in [0.1, 0.15) is 24.7 Å². The van der Waals surface area contributed by atoms with Gasteiger partial charge in [-0.2, -0.15) is 0 Å². The molecule has 0 aliphatic carbocycles. The van der Waals surface area contributed by atoms with Crippen LogP contribution in [0.4, 0.5) is 22.7 Å². The smallest absolute Gasteiger partial charge is 0.336 e. The molecule has 22 nitrogen and oxygen atoms in total. The highest BCUT2D eigenvalue weighted by Crippen LogP contribution is 2.22. The minimum atomic E-state index is -1.15. The molecule has 474 valence electrons. The van der Waals surface area contributed by atoms with Gasteiger partial charge in [-0.1, -0.05) is 72.8 Å². The average Bonchev–Trinajstić information content (AvgIpc) is 1.86. The SMILES string of the molecule is CC(C)(O)CCc1ccc(NC(=O)c2ccccc2C(=O)O)cc1.CC(O)CCc1ccc(NC(=O)c2ccccc2C(=O)O)cc1.NCCOc1ccc(NC(=O)c2ccccc2C(=O)O)cc1.O=C(O)c1ccccc1C(=O)Nc1ccc(OCCO)cc1. The highest BCUT2D eigenvalue weighted by molar-refractivity contribution is 6.13. The normalized spacial score (nSPS) is 10.8. The van der Waals surface area contributed by atoms with Gasteiger partial charge in [0.05, 0.1) is 62.8 Å². The Morgan fingerprint density at radius 1 is 0.418 bits per heavy atom. The fourth-order valence-corrected chi connectivity index (χ4v) is 8.21. The summed E-state index contributed by atoms with van der Waals surface area (Å²) in [5.41, 5.74) is 9.29. The van der Waals surface area contributed by atoms with Gasteiger partial charge in [-0.3, -0.25) is 19.2 Å². The zero-order valence-corrected chi connectivity index (χ0v) is 50.0. The van der Waals surface area contributed by atoms with Crippen LogP contribution in [0.5, 0.6) is 11.5 Å². The van der Waals surface area contributed by atoms with E-state index < -0.39 is 53.1 Å². The van der Waals surface area contributed by atoms with Crippen LogP contribution in [0.2, 0.25) is 0 Å². The lowest BCUT2D eigenvalue weighted by Crippen LogP contribution is -2.19. The number of amides is 4. The number of carbonyl (C=O) groups excluding carboxylic acids is 4. The standard InChI is InChI=1S/C19H21NO4.C18H19NO4.C16H16N2O4.C16H15NO5/c1-19(2,24)12-11-13-7-9-14(10-8-13)20-17(21)15-5-3-4-6-16(15)18(22)23;1-12(20)6-7-13-8-10-14(11-9-13)19-17(21)15-4-2-3-5-16(15)18(22)23;17-9-10-22-12-7-5-11(6-8-12)18-15(19)13-3-1-2-4-14(13)16(20)21;18-9-10-22-12-7-5-11(6-8-12)17-15(19)13-3-1-2-4-14(13)16(20)21/h3-10,24H,11-12H2,1-2H3,(H,20,21)(H,22,23);2-5,8-12,20H,6-7H2,1H3,(H,19,21)(H,22,23);1-8H,9-10,17H2,(H,18,19)(H,20,21);1-8,18H,9-10H2,(H,17,19)(H,20,21). The van der Waals surface area contributed by atoms with Crippen molar-refractivity contribution in [2.24, 2.45) is 5.73 Å². The number of carbonyl (C=O) groups is 8. The number of aliphatic hydroxyl groups excluding tert-OH is 2. The van der Waals surface area contributed by atoms with E-state index in [0.717, 1.165) is 24.0 Å². The molecule has 13 N–H and O–H groups in total. The van der Waals surface area contributed by atoms with Crippen molar-refractivity contribution in [3.8, 4) is 11.5 Å². The summed E-state index contributed by atoms with van der Waals surface area (Å²) >= 11 is 0.